The van der Waals surface area contributed by atoms with E-state index >= 15 is 0 Å². The smallest absolute Gasteiger partial charge is 0.122 e. The normalized spacial score (nSPS) is 25.1. The van der Waals surface area contributed by atoms with E-state index in [1.807, 2.05) is 0 Å². The van der Waals surface area contributed by atoms with Crippen LogP contribution in [-0.2, 0) is 10.2 Å². The summed E-state index contributed by atoms with van der Waals surface area (Å²) in [6, 6.07) is 6.57. The van der Waals surface area contributed by atoms with Gasteiger partial charge in [-0.1, -0.05) is 12.1 Å². The molecule has 0 spiro atoms. The molecule has 98 valence electrons. The summed E-state index contributed by atoms with van der Waals surface area (Å²) < 4.78 is 11.0. The van der Waals surface area contributed by atoms with Crippen LogP contribution in [0.5, 0.6) is 5.75 Å². The summed E-state index contributed by atoms with van der Waals surface area (Å²) >= 11 is 0. The summed E-state index contributed by atoms with van der Waals surface area (Å²) in [4.78, 5) is 0. The molecule has 1 aromatic rings. The van der Waals surface area contributed by atoms with E-state index in [0.717, 1.165) is 25.4 Å². The fraction of sp³-hybridized carbons (Fsp3) is 0.600. The van der Waals surface area contributed by atoms with Crippen molar-refractivity contribution < 1.29 is 9.47 Å². The zero-order valence-electron chi connectivity index (χ0n) is 10.9. The van der Waals surface area contributed by atoms with Gasteiger partial charge >= 0.3 is 0 Å². The van der Waals surface area contributed by atoms with Crippen molar-refractivity contribution in [2.75, 3.05) is 26.9 Å². The first-order valence-corrected chi connectivity index (χ1v) is 6.75. The van der Waals surface area contributed by atoms with Crippen molar-refractivity contribution in [3.05, 3.63) is 29.3 Å². The van der Waals surface area contributed by atoms with E-state index in [0.29, 0.717) is 12.5 Å². The summed E-state index contributed by atoms with van der Waals surface area (Å²) in [5, 5.41) is 0. The maximum Gasteiger partial charge on any atom is 0.122 e. The maximum absolute atomic E-state index is 5.95. The van der Waals surface area contributed by atoms with Crippen molar-refractivity contribution in [3.8, 4) is 5.75 Å². The number of methoxy groups -OCH3 is 1. The van der Waals surface area contributed by atoms with Gasteiger partial charge in [0.1, 0.15) is 5.75 Å². The van der Waals surface area contributed by atoms with Crippen molar-refractivity contribution in [3.63, 3.8) is 0 Å². The minimum Gasteiger partial charge on any atom is -0.496 e. The lowest BCUT2D eigenvalue weighted by molar-refractivity contribution is 0.194. The van der Waals surface area contributed by atoms with Crippen LogP contribution in [0.4, 0.5) is 0 Å². The molecular weight excluding hydrogens is 226 g/mol. The zero-order chi connectivity index (χ0) is 12.6. The molecular formula is C15H21NO2. The third-order valence-electron chi connectivity index (χ3n) is 4.44. The Morgan fingerprint density at radius 1 is 1.44 bits per heavy atom. The highest BCUT2D eigenvalue weighted by molar-refractivity contribution is 5.47. The topological polar surface area (TPSA) is 44.5 Å². The molecule has 18 heavy (non-hydrogen) atoms. The Bertz CT molecular complexity index is 434. The molecule has 2 aliphatic rings. The second-order valence-electron chi connectivity index (χ2n) is 5.50. The Morgan fingerprint density at radius 3 is 2.83 bits per heavy atom. The van der Waals surface area contributed by atoms with Crippen molar-refractivity contribution in [2.24, 2.45) is 5.73 Å². The van der Waals surface area contributed by atoms with E-state index in [2.05, 4.69) is 18.2 Å². The van der Waals surface area contributed by atoms with Crippen LogP contribution in [0.2, 0.25) is 0 Å². The van der Waals surface area contributed by atoms with Crippen molar-refractivity contribution in [1.82, 2.24) is 0 Å². The molecule has 1 atom stereocenters. The minimum atomic E-state index is 0.181. The van der Waals surface area contributed by atoms with Crippen molar-refractivity contribution >= 4 is 0 Å². The molecule has 0 aromatic heterocycles. The molecule has 1 aliphatic carbocycles. The average Bonchev–Trinajstić information content (AvgIpc) is 3.03. The van der Waals surface area contributed by atoms with Crippen LogP contribution >= 0.6 is 0 Å². The van der Waals surface area contributed by atoms with Crippen molar-refractivity contribution in [1.29, 1.82) is 0 Å². The summed E-state index contributed by atoms with van der Waals surface area (Å²) in [5.74, 6) is 1.53. The molecule has 1 aromatic carbocycles. The second kappa shape index (κ2) is 4.56. The predicted octanol–water partition coefficient (Wildman–Crippen LogP) is 2.19. The molecule has 0 radical (unpaired) electrons. The number of ether oxygens (including phenoxy) is 2. The lowest BCUT2D eigenvalue weighted by atomic mass is 9.89. The first kappa shape index (κ1) is 12.0. The van der Waals surface area contributed by atoms with Crippen LogP contribution in [0.3, 0.4) is 0 Å². The standard InChI is InChI=1S/C15H21NO2/c1-17-14-3-2-11(12-4-7-18-9-12)8-13(14)15(10-16)5-6-15/h2-3,8,12H,4-7,9-10,16H2,1H3. The Hall–Kier alpha value is -1.06. The lowest BCUT2D eigenvalue weighted by Gasteiger charge is -2.19. The first-order chi connectivity index (χ1) is 8.79. The maximum atomic E-state index is 5.95. The number of benzene rings is 1. The van der Waals surface area contributed by atoms with E-state index in [9.17, 15) is 0 Å². The van der Waals surface area contributed by atoms with Crippen molar-refractivity contribution in [2.45, 2.75) is 30.6 Å². The molecule has 2 fully saturated rings. The van der Waals surface area contributed by atoms with Gasteiger partial charge in [-0.3, -0.25) is 0 Å². The Kier molecular flexibility index (Phi) is 3.04. The average molecular weight is 247 g/mol. The largest absolute Gasteiger partial charge is 0.496 e. The number of hydrogen-bond acceptors (Lipinski definition) is 3. The van der Waals surface area contributed by atoms with Crippen LogP contribution in [0, 0.1) is 0 Å². The molecule has 2 N–H and O–H groups in total. The highest BCUT2D eigenvalue weighted by Crippen LogP contribution is 2.51. The van der Waals surface area contributed by atoms with E-state index in [1.165, 1.54) is 24.0 Å². The van der Waals surface area contributed by atoms with Gasteiger partial charge in [-0.05, 0) is 30.9 Å². The van der Waals surface area contributed by atoms with Crippen LogP contribution in [-0.4, -0.2) is 26.9 Å². The molecule has 1 saturated carbocycles. The molecule has 0 bridgehead atoms. The third-order valence-corrected chi connectivity index (χ3v) is 4.44. The van der Waals surface area contributed by atoms with Gasteiger partial charge < -0.3 is 15.2 Å². The van der Waals surface area contributed by atoms with Gasteiger partial charge in [0.25, 0.3) is 0 Å². The van der Waals surface area contributed by atoms with Crippen LogP contribution in [0.15, 0.2) is 18.2 Å². The van der Waals surface area contributed by atoms with Gasteiger partial charge in [0.05, 0.1) is 13.7 Å². The molecule has 0 amide bonds. The SMILES string of the molecule is COc1ccc(C2CCOC2)cc1C1(CN)CC1. The quantitative estimate of drug-likeness (QED) is 0.887. The molecule has 1 unspecified atom stereocenters. The summed E-state index contributed by atoms with van der Waals surface area (Å²) in [6.07, 6.45) is 3.50. The highest BCUT2D eigenvalue weighted by atomic mass is 16.5. The zero-order valence-corrected chi connectivity index (χ0v) is 10.9. The van der Waals surface area contributed by atoms with Crippen LogP contribution in [0.25, 0.3) is 0 Å². The van der Waals surface area contributed by atoms with Crippen LogP contribution < -0.4 is 10.5 Å². The van der Waals surface area contributed by atoms with Gasteiger partial charge in [0, 0.05) is 30.0 Å². The molecule has 1 aliphatic heterocycles. The number of rotatable bonds is 4. The fourth-order valence-corrected chi connectivity index (χ4v) is 2.93. The summed E-state index contributed by atoms with van der Waals surface area (Å²) in [6.45, 7) is 2.45. The van der Waals surface area contributed by atoms with E-state index < -0.39 is 0 Å². The minimum absolute atomic E-state index is 0.181. The lowest BCUT2D eigenvalue weighted by Crippen LogP contribution is -2.21. The van der Waals surface area contributed by atoms with Crippen LogP contribution in [0.1, 0.15) is 36.3 Å². The molecule has 3 rings (SSSR count). The second-order valence-corrected chi connectivity index (χ2v) is 5.50. The fourth-order valence-electron chi connectivity index (χ4n) is 2.93. The predicted molar refractivity (Wildman–Crippen MR) is 71.1 cm³/mol. The van der Waals surface area contributed by atoms with Gasteiger partial charge in [0.15, 0.2) is 0 Å². The van der Waals surface area contributed by atoms with E-state index in [1.54, 1.807) is 7.11 Å². The Labute approximate surface area is 108 Å². The summed E-state index contributed by atoms with van der Waals surface area (Å²) in [7, 11) is 1.74. The number of nitrogens with two attached hydrogens (primary N) is 1. The molecule has 3 nitrogen and oxygen atoms in total. The van der Waals surface area contributed by atoms with Gasteiger partial charge in [0.2, 0.25) is 0 Å². The van der Waals surface area contributed by atoms with E-state index in [-0.39, 0.29) is 5.41 Å². The third kappa shape index (κ3) is 1.91. The molecule has 1 saturated heterocycles. The Balaban J connectivity index is 1.96. The highest BCUT2D eigenvalue weighted by Gasteiger charge is 2.45. The molecule has 1 heterocycles. The van der Waals surface area contributed by atoms with E-state index in [4.69, 9.17) is 15.2 Å². The monoisotopic (exact) mass is 247 g/mol. The molecule has 3 heteroatoms. The van der Waals surface area contributed by atoms with Gasteiger partial charge in [-0.2, -0.15) is 0 Å². The number of hydrogen-bond donors (Lipinski definition) is 1. The van der Waals surface area contributed by atoms with Gasteiger partial charge in [-0.15, -0.1) is 0 Å². The summed E-state index contributed by atoms with van der Waals surface area (Å²) in [5.41, 5.74) is 8.81. The van der Waals surface area contributed by atoms with Gasteiger partial charge in [-0.25, -0.2) is 0 Å². The Morgan fingerprint density at radius 2 is 2.28 bits per heavy atom. The first-order valence-electron chi connectivity index (χ1n) is 6.75.